The molecule has 0 aliphatic carbocycles. The monoisotopic (exact) mass is 395 g/mol. The van der Waals surface area contributed by atoms with Crippen molar-refractivity contribution in [3.05, 3.63) is 65.7 Å². The second kappa shape index (κ2) is 8.79. The molecule has 2 aromatic heterocycles. The van der Waals surface area contributed by atoms with Gasteiger partial charge >= 0.3 is 0 Å². The highest BCUT2D eigenvalue weighted by Crippen LogP contribution is 2.33. The van der Waals surface area contributed by atoms with E-state index >= 15 is 0 Å². The molecule has 0 radical (unpaired) electrons. The van der Waals surface area contributed by atoms with Crippen molar-refractivity contribution < 1.29 is 9.59 Å². The fourth-order valence-electron chi connectivity index (χ4n) is 2.70. The Morgan fingerprint density at radius 1 is 1.25 bits per heavy atom. The third-order valence-corrected chi connectivity index (χ3v) is 5.31. The zero-order chi connectivity index (χ0) is 20.1. The molecule has 1 aromatic carbocycles. The fraction of sp³-hybridized carbons (Fsp3) is 0.250. The van der Waals surface area contributed by atoms with Crippen LogP contribution in [0.5, 0.6) is 0 Å². The molecule has 8 heteroatoms. The number of nitrogens with one attached hydrogen (secondary N) is 1. The maximum Gasteiger partial charge on any atom is 0.221 e. The van der Waals surface area contributed by atoms with Gasteiger partial charge in [0.1, 0.15) is 12.0 Å². The molecule has 0 unspecified atom stereocenters. The third kappa shape index (κ3) is 5.04. The molecule has 0 fully saturated rings. The number of carbonyl (C=O) groups excluding carboxylic acids is 2. The van der Waals surface area contributed by atoms with Crippen LogP contribution in [0.2, 0.25) is 0 Å². The number of hydrogen-bond donors (Lipinski definition) is 1. The summed E-state index contributed by atoms with van der Waals surface area (Å²) < 4.78 is 1.88. The number of amides is 1. The van der Waals surface area contributed by atoms with E-state index < -0.39 is 0 Å². The minimum atomic E-state index is -0.188. The second-order valence-corrected chi connectivity index (χ2v) is 7.75. The van der Waals surface area contributed by atoms with Crippen LogP contribution in [0.25, 0.3) is 0 Å². The van der Waals surface area contributed by atoms with Gasteiger partial charge in [0.15, 0.2) is 10.9 Å². The quantitative estimate of drug-likeness (QED) is 0.487. The summed E-state index contributed by atoms with van der Waals surface area (Å²) in [5, 5.41) is 11.7. The molecule has 0 aliphatic rings. The van der Waals surface area contributed by atoms with E-state index in [2.05, 4.69) is 27.4 Å². The first-order chi connectivity index (χ1) is 13.4. The van der Waals surface area contributed by atoms with Crippen molar-refractivity contribution in [3.8, 4) is 0 Å². The summed E-state index contributed by atoms with van der Waals surface area (Å²) in [5.41, 5.74) is 2.92. The Balaban J connectivity index is 1.71. The predicted octanol–water partition coefficient (Wildman–Crippen LogP) is 3.45. The molecule has 0 saturated carbocycles. The summed E-state index contributed by atoms with van der Waals surface area (Å²) in [4.78, 5) is 28.0. The molecule has 1 N–H and O–H groups in total. The van der Waals surface area contributed by atoms with Gasteiger partial charge in [-0.1, -0.05) is 36.0 Å². The lowest BCUT2D eigenvalue weighted by molar-refractivity contribution is -0.114. The smallest absolute Gasteiger partial charge is 0.221 e. The Hall–Kier alpha value is -3.00. The van der Waals surface area contributed by atoms with Crippen LogP contribution in [0.3, 0.4) is 0 Å². The van der Waals surface area contributed by atoms with Gasteiger partial charge in [-0.25, -0.2) is 0 Å². The molecule has 3 aromatic rings. The number of carbonyl (C=O) groups is 2. The van der Waals surface area contributed by atoms with Crippen LogP contribution in [0, 0.1) is 0 Å². The number of Topliss-reactive ketones (excluding diaryl/α,β-unsaturated/α-hetero) is 1. The van der Waals surface area contributed by atoms with Crippen molar-refractivity contribution in [2.45, 2.75) is 30.7 Å². The van der Waals surface area contributed by atoms with Gasteiger partial charge in [-0.05, 0) is 30.2 Å². The number of ketones is 1. The van der Waals surface area contributed by atoms with Gasteiger partial charge in [0.2, 0.25) is 5.91 Å². The topological polar surface area (TPSA) is 89.8 Å². The Labute approximate surface area is 167 Å². The maximum atomic E-state index is 12.6. The highest BCUT2D eigenvalue weighted by molar-refractivity contribution is 7.99. The van der Waals surface area contributed by atoms with E-state index in [1.54, 1.807) is 30.2 Å². The maximum absolute atomic E-state index is 12.6. The normalized spacial score (nSPS) is 11.8. The fourth-order valence-corrected chi connectivity index (χ4v) is 3.61. The standard InChI is InChI=1S/C20H21N5O2S/c1-13(28-20-24-22-12-25(20)3)16-6-4-5-15(9-16)10-19(27)18-11-17(7-8-21-18)23-14(2)26/h4-9,11-13H,10H2,1-3H3,(H,21,23,26)/t13-/m0/s1. The summed E-state index contributed by atoms with van der Waals surface area (Å²) in [6, 6.07) is 11.2. The average molecular weight is 395 g/mol. The lowest BCUT2D eigenvalue weighted by atomic mass is 10.0. The number of hydrogen-bond acceptors (Lipinski definition) is 6. The van der Waals surface area contributed by atoms with Crippen molar-refractivity contribution in [3.63, 3.8) is 0 Å². The van der Waals surface area contributed by atoms with E-state index in [9.17, 15) is 9.59 Å². The second-order valence-electron chi connectivity index (χ2n) is 6.44. The zero-order valence-corrected chi connectivity index (χ0v) is 16.7. The lowest BCUT2D eigenvalue weighted by Crippen LogP contribution is -2.10. The number of benzene rings is 1. The summed E-state index contributed by atoms with van der Waals surface area (Å²) >= 11 is 1.61. The molecule has 0 bridgehead atoms. The minimum Gasteiger partial charge on any atom is -0.326 e. The van der Waals surface area contributed by atoms with E-state index in [0.29, 0.717) is 11.4 Å². The van der Waals surface area contributed by atoms with Crippen LogP contribution < -0.4 is 5.32 Å². The summed E-state index contributed by atoms with van der Waals surface area (Å²) in [7, 11) is 1.91. The molecule has 28 heavy (non-hydrogen) atoms. The lowest BCUT2D eigenvalue weighted by Gasteiger charge is -2.12. The highest BCUT2D eigenvalue weighted by Gasteiger charge is 2.14. The first kappa shape index (κ1) is 19.8. The first-order valence-electron chi connectivity index (χ1n) is 8.78. The molecule has 1 atom stereocenters. The molecule has 1 amide bonds. The molecule has 2 heterocycles. The van der Waals surface area contributed by atoms with Gasteiger partial charge in [0.25, 0.3) is 0 Å². The third-order valence-electron chi connectivity index (χ3n) is 4.10. The molecule has 0 saturated heterocycles. The molecular formula is C20H21N5O2S. The highest BCUT2D eigenvalue weighted by atomic mass is 32.2. The van der Waals surface area contributed by atoms with Crippen LogP contribution in [0.1, 0.15) is 40.7 Å². The SMILES string of the molecule is CC(=O)Nc1ccnc(C(=O)Cc2cccc([C@H](C)Sc3nncn3C)c2)c1. The van der Waals surface area contributed by atoms with E-state index in [1.165, 1.54) is 13.1 Å². The molecule has 144 valence electrons. The Morgan fingerprint density at radius 2 is 2.07 bits per heavy atom. The van der Waals surface area contributed by atoms with Gasteiger partial charge in [0.05, 0.1) is 0 Å². The first-order valence-corrected chi connectivity index (χ1v) is 9.66. The van der Waals surface area contributed by atoms with Gasteiger partial charge < -0.3 is 9.88 Å². The van der Waals surface area contributed by atoms with Crippen LogP contribution in [0.15, 0.2) is 54.1 Å². The van der Waals surface area contributed by atoms with E-state index in [1.807, 2.05) is 35.9 Å². The Morgan fingerprint density at radius 3 is 2.79 bits per heavy atom. The van der Waals surface area contributed by atoms with Crippen molar-refractivity contribution >= 4 is 29.1 Å². The summed E-state index contributed by atoms with van der Waals surface area (Å²) in [5.74, 6) is -0.287. The van der Waals surface area contributed by atoms with E-state index in [-0.39, 0.29) is 23.4 Å². The number of aryl methyl sites for hydroxylation is 1. The summed E-state index contributed by atoms with van der Waals surface area (Å²) in [6.07, 6.45) is 3.44. The Kier molecular flexibility index (Phi) is 6.20. The van der Waals surface area contributed by atoms with Gasteiger partial charge in [-0.15, -0.1) is 10.2 Å². The number of nitrogens with zero attached hydrogens (tertiary/aromatic N) is 4. The zero-order valence-electron chi connectivity index (χ0n) is 15.9. The van der Waals surface area contributed by atoms with Crippen LogP contribution in [-0.2, 0) is 18.3 Å². The molecule has 3 rings (SSSR count). The number of aromatic nitrogens is 4. The van der Waals surface area contributed by atoms with Gasteiger partial charge in [-0.2, -0.15) is 0 Å². The van der Waals surface area contributed by atoms with Gasteiger partial charge in [-0.3, -0.25) is 14.6 Å². The van der Waals surface area contributed by atoms with Crippen molar-refractivity contribution in [2.24, 2.45) is 7.05 Å². The number of rotatable bonds is 7. The van der Waals surface area contributed by atoms with Crippen molar-refractivity contribution in [1.29, 1.82) is 0 Å². The van der Waals surface area contributed by atoms with Crippen molar-refractivity contribution in [2.75, 3.05) is 5.32 Å². The van der Waals surface area contributed by atoms with Crippen LogP contribution in [0.4, 0.5) is 5.69 Å². The Bertz CT molecular complexity index is 1000. The number of anilines is 1. The average Bonchev–Trinajstić information content (AvgIpc) is 3.06. The van der Waals surface area contributed by atoms with Crippen LogP contribution >= 0.6 is 11.8 Å². The molecule has 7 nitrogen and oxygen atoms in total. The molecule has 0 aliphatic heterocycles. The van der Waals surface area contributed by atoms with E-state index in [4.69, 9.17) is 0 Å². The number of pyridine rings is 1. The van der Waals surface area contributed by atoms with E-state index in [0.717, 1.165) is 16.3 Å². The van der Waals surface area contributed by atoms with Crippen molar-refractivity contribution in [1.82, 2.24) is 19.7 Å². The van der Waals surface area contributed by atoms with Gasteiger partial charge in [0, 0.05) is 37.5 Å². The molecular weight excluding hydrogens is 374 g/mol. The minimum absolute atomic E-state index is 0.0991. The predicted molar refractivity (Wildman–Crippen MR) is 108 cm³/mol. The largest absolute Gasteiger partial charge is 0.326 e. The summed E-state index contributed by atoms with van der Waals surface area (Å²) in [6.45, 7) is 3.52. The van der Waals surface area contributed by atoms with Crippen LogP contribution in [-0.4, -0.2) is 31.4 Å². The molecule has 0 spiro atoms. The number of thioether (sulfide) groups is 1.